The van der Waals surface area contributed by atoms with Crippen LogP contribution < -0.4 is 15.4 Å². The number of para-hydroxylation sites is 2. The summed E-state index contributed by atoms with van der Waals surface area (Å²) in [5.41, 5.74) is 1.24. The third-order valence-corrected chi connectivity index (χ3v) is 5.99. The summed E-state index contributed by atoms with van der Waals surface area (Å²) in [7, 11) is 0. The second-order valence-corrected chi connectivity index (χ2v) is 8.34. The quantitative estimate of drug-likeness (QED) is 0.397. The first-order valence-corrected chi connectivity index (χ1v) is 11.1. The molecule has 5 nitrogen and oxygen atoms in total. The highest BCUT2D eigenvalue weighted by atomic mass is 35.5. The van der Waals surface area contributed by atoms with Gasteiger partial charge in [0.1, 0.15) is 5.75 Å². The number of carbonyl (C=O) groups is 2. The average molecular weight is 455 g/mol. The summed E-state index contributed by atoms with van der Waals surface area (Å²) in [6.45, 7) is 1.87. The van der Waals surface area contributed by atoms with Crippen LogP contribution in [0.15, 0.2) is 83.8 Å². The molecule has 2 amide bonds. The number of hydrogen-bond donors (Lipinski definition) is 2. The molecule has 0 radical (unpaired) electrons. The molecule has 1 atom stereocenters. The third-order valence-electron chi connectivity index (χ3n) is 4.30. The molecular formula is C24H23ClN2O3S. The predicted octanol–water partition coefficient (Wildman–Crippen LogP) is 5.87. The molecular weight excluding hydrogens is 432 g/mol. The first-order valence-electron chi connectivity index (χ1n) is 9.85. The molecule has 3 rings (SSSR count). The number of anilines is 2. The highest BCUT2D eigenvalue weighted by Crippen LogP contribution is 2.29. The Labute approximate surface area is 191 Å². The monoisotopic (exact) mass is 454 g/mol. The van der Waals surface area contributed by atoms with Gasteiger partial charge < -0.3 is 15.4 Å². The lowest BCUT2D eigenvalue weighted by molar-refractivity contribution is -0.118. The van der Waals surface area contributed by atoms with Gasteiger partial charge in [-0.25, -0.2) is 0 Å². The predicted molar refractivity (Wildman–Crippen MR) is 127 cm³/mol. The summed E-state index contributed by atoms with van der Waals surface area (Å²) in [6.07, 6.45) is 0.641. The molecule has 3 aromatic rings. The van der Waals surface area contributed by atoms with E-state index in [-0.39, 0.29) is 23.7 Å². The fourth-order valence-electron chi connectivity index (χ4n) is 2.77. The number of ether oxygens (including phenoxy) is 1. The van der Waals surface area contributed by atoms with E-state index in [2.05, 4.69) is 10.6 Å². The van der Waals surface area contributed by atoms with Crippen molar-refractivity contribution in [2.45, 2.75) is 23.5 Å². The summed E-state index contributed by atoms with van der Waals surface area (Å²) in [5, 5.41) is 5.90. The van der Waals surface area contributed by atoms with Gasteiger partial charge in [0.15, 0.2) is 6.61 Å². The molecule has 0 aliphatic rings. The SMILES string of the molecule is CCC(Sc1cccc(NC(=O)COc2ccccc2)c1)C(=O)Nc1ccccc1Cl. The molecule has 0 saturated heterocycles. The summed E-state index contributed by atoms with van der Waals surface area (Å²) in [4.78, 5) is 25.8. The van der Waals surface area contributed by atoms with E-state index in [4.69, 9.17) is 16.3 Å². The van der Waals surface area contributed by atoms with Crippen molar-refractivity contribution in [3.8, 4) is 5.75 Å². The summed E-state index contributed by atoms with van der Waals surface area (Å²) in [5.74, 6) is 0.262. The van der Waals surface area contributed by atoms with Crippen LogP contribution in [0.25, 0.3) is 0 Å². The first kappa shape index (κ1) is 22.7. The van der Waals surface area contributed by atoms with Crippen molar-refractivity contribution in [2.75, 3.05) is 17.2 Å². The van der Waals surface area contributed by atoms with Crippen molar-refractivity contribution in [2.24, 2.45) is 0 Å². The van der Waals surface area contributed by atoms with E-state index >= 15 is 0 Å². The van der Waals surface area contributed by atoms with E-state index in [1.165, 1.54) is 11.8 Å². The molecule has 1 unspecified atom stereocenters. The van der Waals surface area contributed by atoms with E-state index in [1.807, 2.05) is 55.5 Å². The zero-order valence-electron chi connectivity index (χ0n) is 17.0. The minimum atomic E-state index is -0.302. The second kappa shape index (κ2) is 11.4. The van der Waals surface area contributed by atoms with Gasteiger partial charge in [0.2, 0.25) is 5.91 Å². The van der Waals surface area contributed by atoms with Gasteiger partial charge in [0.05, 0.1) is 16.0 Å². The zero-order valence-corrected chi connectivity index (χ0v) is 18.6. The van der Waals surface area contributed by atoms with Crippen LogP contribution in [0.1, 0.15) is 13.3 Å². The van der Waals surface area contributed by atoms with Crippen molar-refractivity contribution in [1.82, 2.24) is 0 Å². The lowest BCUT2D eigenvalue weighted by Gasteiger charge is -2.16. The Hall–Kier alpha value is -2.96. The fraction of sp³-hybridized carbons (Fsp3) is 0.167. The number of amides is 2. The number of hydrogen-bond acceptors (Lipinski definition) is 4. The molecule has 3 aromatic carbocycles. The maximum absolute atomic E-state index is 12.7. The first-order chi connectivity index (χ1) is 15.0. The van der Waals surface area contributed by atoms with E-state index in [0.717, 1.165) is 4.90 Å². The number of nitrogens with one attached hydrogen (secondary N) is 2. The molecule has 160 valence electrons. The van der Waals surface area contributed by atoms with Crippen molar-refractivity contribution in [3.05, 3.63) is 83.9 Å². The molecule has 0 heterocycles. The fourth-order valence-corrected chi connectivity index (χ4v) is 3.97. The minimum absolute atomic E-state index is 0.0841. The van der Waals surface area contributed by atoms with E-state index in [0.29, 0.717) is 28.6 Å². The van der Waals surface area contributed by atoms with Crippen LogP contribution in [0.4, 0.5) is 11.4 Å². The zero-order chi connectivity index (χ0) is 22.1. The highest BCUT2D eigenvalue weighted by Gasteiger charge is 2.19. The maximum atomic E-state index is 12.7. The van der Waals surface area contributed by atoms with E-state index in [1.54, 1.807) is 30.3 Å². The molecule has 0 fully saturated rings. The van der Waals surface area contributed by atoms with Crippen LogP contribution >= 0.6 is 23.4 Å². The van der Waals surface area contributed by atoms with Crippen LogP contribution in [-0.2, 0) is 9.59 Å². The van der Waals surface area contributed by atoms with Crippen LogP contribution in [0.5, 0.6) is 5.75 Å². The number of rotatable bonds is 9. The molecule has 2 N–H and O–H groups in total. The van der Waals surface area contributed by atoms with Crippen LogP contribution in [-0.4, -0.2) is 23.7 Å². The van der Waals surface area contributed by atoms with Gasteiger partial charge >= 0.3 is 0 Å². The molecule has 0 saturated carbocycles. The van der Waals surface area contributed by atoms with Gasteiger partial charge in [-0.05, 0) is 48.9 Å². The smallest absolute Gasteiger partial charge is 0.262 e. The van der Waals surface area contributed by atoms with Gasteiger partial charge in [-0.1, -0.05) is 54.9 Å². The Balaban J connectivity index is 1.57. The normalized spacial score (nSPS) is 11.4. The molecule has 7 heteroatoms. The van der Waals surface area contributed by atoms with Gasteiger partial charge in [-0.15, -0.1) is 11.8 Å². The Morgan fingerprint density at radius 2 is 1.71 bits per heavy atom. The second-order valence-electron chi connectivity index (χ2n) is 6.66. The summed E-state index contributed by atoms with van der Waals surface area (Å²) >= 11 is 7.57. The molecule has 0 bridgehead atoms. The highest BCUT2D eigenvalue weighted by molar-refractivity contribution is 8.00. The molecule has 0 aliphatic carbocycles. The molecule has 31 heavy (non-hydrogen) atoms. The van der Waals surface area contributed by atoms with E-state index < -0.39 is 0 Å². The van der Waals surface area contributed by atoms with Gasteiger partial charge in [0.25, 0.3) is 5.91 Å². The standard InChI is InChI=1S/C24H23ClN2O3S/c1-2-22(24(29)27-21-14-7-6-13-20(21)25)31-19-12-8-9-17(15-19)26-23(28)16-30-18-10-4-3-5-11-18/h3-15,22H,2,16H2,1H3,(H,26,28)(H,27,29). The number of carbonyl (C=O) groups excluding carboxylic acids is 2. The summed E-state index contributed by atoms with van der Waals surface area (Å²) in [6, 6.07) is 23.7. The van der Waals surface area contributed by atoms with E-state index in [9.17, 15) is 9.59 Å². The minimum Gasteiger partial charge on any atom is -0.484 e. The van der Waals surface area contributed by atoms with Crippen molar-refractivity contribution >= 4 is 46.6 Å². The Morgan fingerprint density at radius 3 is 2.45 bits per heavy atom. The number of halogens is 1. The van der Waals surface area contributed by atoms with Crippen LogP contribution in [0, 0.1) is 0 Å². The topological polar surface area (TPSA) is 67.4 Å². The Morgan fingerprint density at radius 1 is 0.968 bits per heavy atom. The maximum Gasteiger partial charge on any atom is 0.262 e. The number of thioether (sulfide) groups is 1. The van der Waals surface area contributed by atoms with Crippen molar-refractivity contribution < 1.29 is 14.3 Å². The van der Waals surface area contributed by atoms with Gasteiger partial charge in [0, 0.05) is 10.6 Å². The lowest BCUT2D eigenvalue weighted by Crippen LogP contribution is -2.24. The molecule has 0 aromatic heterocycles. The van der Waals surface area contributed by atoms with Crippen LogP contribution in [0.2, 0.25) is 5.02 Å². The number of benzene rings is 3. The Bertz CT molecular complexity index is 1030. The largest absolute Gasteiger partial charge is 0.484 e. The molecule has 0 spiro atoms. The van der Waals surface area contributed by atoms with Gasteiger partial charge in [-0.3, -0.25) is 9.59 Å². The van der Waals surface area contributed by atoms with Gasteiger partial charge in [-0.2, -0.15) is 0 Å². The summed E-state index contributed by atoms with van der Waals surface area (Å²) < 4.78 is 5.47. The van der Waals surface area contributed by atoms with Crippen molar-refractivity contribution in [1.29, 1.82) is 0 Å². The lowest BCUT2D eigenvalue weighted by atomic mass is 10.2. The van der Waals surface area contributed by atoms with Crippen LogP contribution in [0.3, 0.4) is 0 Å². The Kier molecular flexibility index (Phi) is 8.38. The molecule has 0 aliphatic heterocycles. The third kappa shape index (κ3) is 7.05. The average Bonchev–Trinajstić information content (AvgIpc) is 2.78. The van der Waals surface area contributed by atoms with Crippen molar-refractivity contribution in [3.63, 3.8) is 0 Å².